The van der Waals surface area contributed by atoms with Crippen LogP contribution in [0.2, 0.25) is 0 Å². The third-order valence-corrected chi connectivity index (χ3v) is 6.32. The Bertz CT molecular complexity index is 1410. The van der Waals surface area contributed by atoms with Crippen LogP contribution in [0, 0.1) is 0 Å². The van der Waals surface area contributed by atoms with Crippen LogP contribution in [0.1, 0.15) is 25.0 Å². The molecule has 2 aromatic heterocycles. The zero-order valence-corrected chi connectivity index (χ0v) is 17.0. The molecular formula is C27H21N3. The van der Waals surface area contributed by atoms with Crippen LogP contribution in [0.15, 0.2) is 91.3 Å². The van der Waals surface area contributed by atoms with Crippen molar-refractivity contribution in [2.75, 3.05) is 0 Å². The van der Waals surface area contributed by atoms with Gasteiger partial charge >= 0.3 is 0 Å². The molecule has 6 rings (SSSR count). The van der Waals surface area contributed by atoms with E-state index in [-0.39, 0.29) is 5.41 Å². The Morgan fingerprint density at radius 3 is 2.43 bits per heavy atom. The van der Waals surface area contributed by atoms with Crippen molar-refractivity contribution in [2.24, 2.45) is 0 Å². The minimum absolute atomic E-state index is 0.0178. The molecule has 3 aromatic carbocycles. The lowest BCUT2D eigenvalue weighted by Crippen LogP contribution is -2.14. The number of rotatable bonds is 2. The Hall–Kier alpha value is -3.72. The van der Waals surface area contributed by atoms with E-state index in [1.165, 1.54) is 33.2 Å². The van der Waals surface area contributed by atoms with E-state index in [2.05, 4.69) is 72.1 Å². The van der Waals surface area contributed by atoms with E-state index in [1.54, 1.807) is 0 Å². The monoisotopic (exact) mass is 387 g/mol. The number of fused-ring (bicyclic) bond motifs is 5. The van der Waals surface area contributed by atoms with E-state index in [0.29, 0.717) is 0 Å². The Labute approximate surface area is 175 Å². The van der Waals surface area contributed by atoms with Gasteiger partial charge in [-0.3, -0.25) is 0 Å². The van der Waals surface area contributed by atoms with Crippen molar-refractivity contribution >= 4 is 10.9 Å². The molecule has 1 aliphatic rings. The summed E-state index contributed by atoms with van der Waals surface area (Å²) in [5.41, 5.74) is 7.60. The van der Waals surface area contributed by atoms with Crippen LogP contribution < -0.4 is 0 Å². The minimum Gasteiger partial charge on any atom is -0.300 e. The highest BCUT2D eigenvalue weighted by molar-refractivity contribution is 6.01. The molecule has 144 valence electrons. The van der Waals surface area contributed by atoms with E-state index < -0.39 is 0 Å². The first kappa shape index (κ1) is 17.2. The molecule has 0 saturated carbocycles. The maximum atomic E-state index is 4.91. The van der Waals surface area contributed by atoms with Crippen molar-refractivity contribution in [2.45, 2.75) is 19.3 Å². The fraction of sp³-hybridized carbons (Fsp3) is 0.111. The fourth-order valence-electron chi connectivity index (χ4n) is 4.82. The van der Waals surface area contributed by atoms with Crippen LogP contribution in [-0.2, 0) is 5.41 Å². The molecule has 0 N–H and O–H groups in total. The maximum Gasteiger partial charge on any atom is 0.161 e. The molecule has 3 heteroatoms. The molecule has 1 aliphatic carbocycles. The number of aromatic nitrogens is 3. The van der Waals surface area contributed by atoms with Crippen molar-refractivity contribution in [3.8, 4) is 28.3 Å². The van der Waals surface area contributed by atoms with Gasteiger partial charge in [-0.1, -0.05) is 80.6 Å². The van der Waals surface area contributed by atoms with E-state index in [9.17, 15) is 0 Å². The zero-order valence-electron chi connectivity index (χ0n) is 17.0. The summed E-state index contributed by atoms with van der Waals surface area (Å²) in [7, 11) is 0. The molecule has 0 amide bonds. The molecule has 0 spiro atoms. The van der Waals surface area contributed by atoms with E-state index >= 15 is 0 Å². The van der Waals surface area contributed by atoms with Gasteiger partial charge in [0.15, 0.2) is 5.82 Å². The van der Waals surface area contributed by atoms with Gasteiger partial charge in [-0.15, -0.1) is 0 Å². The van der Waals surface area contributed by atoms with Crippen molar-refractivity contribution in [3.05, 3.63) is 102 Å². The molecule has 2 heterocycles. The first-order valence-electron chi connectivity index (χ1n) is 10.3. The van der Waals surface area contributed by atoms with Gasteiger partial charge in [-0.05, 0) is 28.8 Å². The molecule has 0 unspecified atom stereocenters. The molecule has 30 heavy (non-hydrogen) atoms. The van der Waals surface area contributed by atoms with Gasteiger partial charge in [-0.25, -0.2) is 9.97 Å². The average molecular weight is 387 g/mol. The molecule has 5 aromatic rings. The zero-order chi connectivity index (χ0) is 20.3. The standard InChI is InChI=1S/C27H21N3/c1-27(2)21-11-7-6-10-20(21)24-22(27)13-12-18-15-17-30(25(18)24)23-14-16-28-26(29-23)19-8-4-3-5-9-19/h3-17H,1-2H3. The molecule has 0 aliphatic heterocycles. The number of nitrogens with zero attached hydrogens (tertiary/aromatic N) is 3. The van der Waals surface area contributed by atoms with Crippen LogP contribution in [0.25, 0.3) is 39.2 Å². The highest BCUT2D eigenvalue weighted by Crippen LogP contribution is 2.51. The van der Waals surface area contributed by atoms with Gasteiger partial charge in [0.25, 0.3) is 0 Å². The van der Waals surface area contributed by atoms with Crippen LogP contribution in [0.5, 0.6) is 0 Å². The van der Waals surface area contributed by atoms with Crippen LogP contribution in [0.3, 0.4) is 0 Å². The van der Waals surface area contributed by atoms with Gasteiger partial charge in [0, 0.05) is 34.3 Å². The SMILES string of the molecule is CC1(C)c2ccccc2-c2c1ccc1ccn(-c3ccnc(-c4ccccc4)n3)c21. The third kappa shape index (κ3) is 2.32. The summed E-state index contributed by atoms with van der Waals surface area (Å²) in [5.74, 6) is 1.62. The molecule has 0 fully saturated rings. The van der Waals surface area contributed by atoms with Crippen molar-refractivity contribution in [3.63, 3.8) is 0 Å². The molecule has 0 radical (unpaired) electrons. The van der Waals surface area contributed by atoms with Crippen LogP contribution in [0.4, 0.5) is 0 Å². The van der Waals surface area contributed by atoms with E-state index in [0.717, 1.165) is 17.2 Å². The summed E-state index contributed by atoms with van der Waals surface area (Å²) in [6, 6.07) is 27.6. The van der Waals surface area contributed by atoms with Gasteiger partial charge in [0.05, 0.1) is 5.52 Å². The van der Waals surface area contributed by atoms with Gasteiger partial charge in [-0.2, -0.15) is 0 Å². The van der Waals surface area contributed by atoms with E-state index in [1.807, 2.05) is 42.6 Å². The maximum absolute atomic E-state index is 4.91. The van der Waals surface area contributed by atoms with E-state index in [4.69, 9.17) is 4.98 Å². The number of hydrogen-bond donors (Lipinski definition) is 0. The predicted octanol–water partition coefficient (Wildman–Crippen LogP) is 6.39. The smallest absolute Gasteiger partial charge is 0.161 e. The summed E-state index contributed by atoms with van der Waals surface area (Å²) in [6.45, 7) is 4.63. The Kier molecular flexibility index (Phi) is 3.51. The van der Waals surface area contributed by atoms with Gasteiger partial charge < -0.3 is 4.57 Å². The second-order valence-corrected chi connectivity index (χ2v) is 8.39. The Balaban J connectivity index is 1.63. The molecular weight excluding hydrogens is 366 g/mol. The second kappa shape index (κ2) is 6.14. The third-order valence-electron chi connectivity index (χ3n) is 6.32. The molecule has 3 nitrogen and oxygen atoms in total. The lowest BCUT2D eigenvalue weighted by atomic mass is 9.82. The number of benzene rings is 3. The van der Waals surface area contributed by atoms with Crippen LogP contribution >= 0.6 is 0 Å². The summed E-state index contributed by atoms with van der Waals surface area (Å²) in [6.07, 6.45) is 3.97. The Morgan fingerprint density at radius 2 is 1.57 bits per heavy atom. The predicted molar refractivity (Wildman–Crippen MR) is 122 cm³/mol. The molecule has 0 saturated heterocycles. The highest BCUT2D eigenvalue weighted by Gasteiger charge is 2.36. The number of hydrogen-bond acceptors (Lipinski definition) is 2. The van der Waals surface area contributed by atoms with Crippen LogP contribution in [-0.4, -0.2) is 14.5 Å². The largest absolute Gasteiger partial charge is 0.300 e. The lowest BCUT2D eigenvalue weighted by molar-refractivity contribution is 0.661. The first-order valence-corrected chi connectivity index (χ1v) is 10.3. The summed E-state index contributed by atoms with van der Waals surface area (Å²) >= 11 is 0. The molecule has 0 bridgehead atoms. The van der Waals surface area contributed by atoms with Crippen molar-refractivity contribution in [1.29, 1.82) is 0 Å². The second-order valence-electron chi connectivity index (χ2n) is 8.39. The highest BCUT2D eigenvalue weighted by atomic mass is 15.1. The molecule has 0 atom stereocenters. The van der Waals surface area contributed by atoms with Gasteiger partial charge in [0.1, 0.15) is 5.82 Å². The topological polar surface area (TPSA) is 30.7 Å². The fourth-order valence-corrected chi connectivity index (χ4v) is 4.82. The summed E-state index contributed by atoms with van der Waals surface area (Å²) in [4.78, 5) is 9.41. The van der Waals surface area contributed by atoms with Crippen molar-refractivity contribution < 1.29 is 0 Å². The first-order chi connectivity index (χ1) is 14.6. The Morgan fingerprint density at radius 1 is 0.767 bits per heavy atom. The minimum atomic E-state index is -0.0178. The summed E-state index contributed by atoms with van der Waals surface area (Å²) < 4.78 is 2.21. The normalized spacial score (nSPS) is 13.9. The average Bonchev–Trinajstić information content (AvgIpc) is 3.32. The summed E-state index contributed by atoms with van der Waals surface area (Å²) in [5, 5.41) is 1.22. The van der Waals surface area contributed by atoms with Gasteiger partial charge in [0.2, 0.25) is 0 Å². The lowest BCUT2D eigenvalue weighted by Gasteiger charge is -2.21. The van der Waals surface area contributed by atoms with Crippen molar-refractivity contribution in [1.82, 2.24) is 14.5 Å². The quantitative estimate of drug-likeness (QED) is 0.351.